The monoisotopic (exact) mass is 158 g/mol. The molecule has 2 rings (SSSR count). The number of hydrogen-bond acceptors (Lipinski definition) is 2. The Bertz CT molecular complexity index is 364. The van der Waals surface area contributed by atoms with Gasteiger partial charge < -0.3 is 0 Å². The summed E-state index contributed by atoms with van der Waals surface area (Å²) in [6, 6.07) is 8.49. The highest BCUT2D eigenvalue weighted by Gasteiger charge is 1.96. The van der Waals surface area contributed by atoms with Crippen molar-refractivity contribution in [2.24, 2.45) is 0 Å². The van der Waals surface area contributed by atoms with Crippen molar-refractivity contribution < 1.29 is 0 Å². The number of hydrogen-bond donors (Lipinski definition) is 0. The molecule has 1 radical (unpaired) electrons. The van der Waals surface area contributed by atoms with Crippen LogP contribution in [-0.4, -0.2) is 14.8 Å². The lowest BCUT2D eigenvalue weighted by atomic mass is 10.5. The van der Waals surface area contributed by atoms with E-state index in [9.17, 15) is 0 Å². The molecule has 2 aromatic rings. The summed E-state index contributed by atoms with van der Waals surface area (Å²) in [5.74, 6) is 0.821. The fourth-order valence-electron chi connectivity index (χ4n) is 0.990. The van der Waals surface area contributed by atoms with Crippen molar-refractivity contribution >= 4 is 0 Å². The molecular weight excluding hydrogens is 150 g/mol. The molecule has 0 atom stereocenters. The van der Waals surface area contributed by atoms with E-state index in [4.69, 9.17) is 0 Å². The van der Waals surface area contributed by atoms with Crippen LogP contribution in [0, 0.1) is 13.0 Å². The molecule has 2 aromatic heterocycles. The van der Waals surface area contributed by atoms with Crippen LogP contribution in [0.1, 0.15) is 5.69 Å². The molecule has 59 valence electrons. The second-order valence-electron chi connectivity index (χ2n) is 2.52. The van der Waals surface area contributed by atoms with Gasteiger partial charge in [-0.05, 0) is 25.1 Å². The Labute approximate surface area is 70.7 Å². The molecule has 0 unspecified atom stereocenters. The SMILES string of the molecule is Cc1ccn(-c2cc[c]cn2)n1. The molecular formula is C9H8N3. The molecule has 12 heavy (non-hydrogen) atoms. The Hall–Kier alpha value is -1.64. The predicted octanol–water partition coefficient (Wildman–Crippen LogP) is 1.38. The van der Waals surface area contributed by atoms with Gasteiger partial charge in [0.15, 0.2) is 5.82 Å². The molecule has 0 aromatic carbocycles. The maximum Gasteiger partial charge on any atom is 0.153 e. The van der Waals surface area contributed by atoms with Crippen LogP contribution >= 0.6 is 0 Å². The third-order valence-corrected chi connectivity index (χ3v) is 1.56. The molecule has 3 heteroatoms. The van der Waals surface area contributed by atoms with Crippen molar-refractivity contribution in [3.63, 3.8) is 0 Å². The summed E-state index contributed by atoms with van der Waals surface area (Å²) in [4.78, 5) is 4.11. The van der Waals surface area contributed by atoms with E-state index in [0.717, 1.165) is 11.5 Å². The first-order valence-corrected chi connectivity index (χ1v) is 3.71. The lowest BCUT2D eigenvalue weighted by molar-refractivity contribution is 0.832. The quantitative estimate of drug-likeness (QED) is 0.627. The smallest absolute Gasteiger partial charge is 0.153 e. The van der Waals surface area contributed by atoms with E-state index in [0.29, 0.717) is 0 Å². The molecule has 0 aliphatic carbocycles. The van der Waals surface area contributed by atoms with Crippen LogP contribution < -0.4 is 0 Å². The van der Waals surface area contributed by atoms with Gasteiger partial charge in [0.2, 0.25) is 0 Å². The van der Waals surface area contributed by atoms with Crippen LogP contribution in [0.25, 0.3) is 5.82 Å². The highest BCUT2D eigenvalue weighted by Crippen LogP contribution is 2.01. The van der Waals surface area contributed by atoms with Gasteiger partial charge in [-0.1, -0.05) is 0 Å². The Morgan fingerprint density at radius 2 is 2.33 bits per heavy atom. The summed E-state index contributed by atoms with van der Waals surface area (Å²) in [5.41, 5.74) is 0.990. The molecule has 0 spiro atoms. The number of aryl methyl sites for hydroxylation is 1. The Morgan fingerprint density at radius 1 is 1.42 bits per heavy atom. The first-order chi connectivity index (χ1) is 5.86. The van der Waals surface area contributed by atoms with Gasteiger partial charge in [0.25, 0.3) is 0 Å². The number of pyridine rings is 1. The molecule has 0 fully saturated rings. The van der Waals surface area contributed by atoms with Crippen molar-refractivity contribution in [3.05, 3.63) is 42.4 Å². The van der Waals surface area contributed by atoms with Crippen molar-refractivity contribution in [1.82, 2.24) is 14.8 Å². The van der Waals surface area contributed by atoms with Gasteiger partial charge in [-0.15, -0.1) is 0 Å². The first kappa shape index (κ1) is 7.03. The van der Waals surface area contributed by atoms with Gasteiger partial charge in [0, 0.05) is 18.5 Å². The van der Waals surface area contributed by atoms with Gasteiger partial charge in [0.1, 0.15) is 0 Å². The highest BCUT2D eigenvalue weighted by molar-refractivity contribution is 5.20. The van der Waals surface area contributed by atoms with E-state index in [-0.39, 0.29) is 0 Å². The van der Waals surface area contributed by atoms with Crippen molar-refractivity contribution in [2.75, 3.05) is 0 Å². The number of nitrogens with zero attached hydrogens (tertiary/aromatic N) is 3. The second-order valence-corrected chi connectivity index (χ2v) is 2.52. The van der Waals surface area contributed by atoms with Crippen molar-refractivity contribution in [3.8, 4) is 5.82 Å². The van der Waals surface area contributed by atoms with Crippen molar-refractivity contribution in [1.29, 1.82) is 0 Å². The van der Waals surface area contributed by atoms with Crippen molar-refractivity contribution in [2.45, 2.75) is 6.92 Å². The molecule has 0 N–H and O–H groups in total. The predicted molar refractivity (Wildman–Crippen MR) is 44.9 cm³/mol. The molecule has 0 amide bonds. The summed E-state index contributed by atoms with van der Waals surface area (Å²) in [7, 11) is 0. The largest absolute Gasteiger partial charge is 0.236 e. The molecule has 0 aliphatic heterocycles. The fourth-order valence-corrected chi connectivity index (χ4v) is 0.990. The zero-order chi connectivity index (χ0) is 8.39. The molecule has 3 nitrogen and oxygen atoms in total. The lowest BCUT2D eigenvalue weighted by Gasteiger charge is -1.96. The van der Waals surface area contributed by atoms with E-state index >= 15 is 0 Å². The molecule has 0 bridgehead atoms. The minimum atomic E-state index is 0.821. The van der Waals surface area contributed by atoms with E-state index in [1.54, 1.807) is 10.9 Å². The minimum Gasteiger partial charge on any atom is -0.236 e. The summed E-state index contributed by atoms with van der Waals surface area (Å²) in [6.45, 7) is 1.95. The van der Waals surface area contributed by atoms with Gasteiger partial charge in [-0.25, -0.2) is 9.67 Å². The minimum absolute atomic E-state index is 0.821. The first-order valence-electron chi connectivity index (χ1n) is 3.71. The van der Waals surface area contributed by atoms with E-state index < -0.39 is 0 Å². The van der Waals surface area contributed by atoms with E-state index in [2.05, 4.69) is 16.1 Å². The standard InChI is InChI=1S/C9H8N3/c1-8-5-7-12(11-8)9-4-2-3-6-10-9/h2,4-7H,1H3. The van der Waals surface area contributed by atoms with Gasteiger partial charge in [0.05, 0.1) is 5.69 Å². The van der Waals surface area contributed by atoms with Crippen LogP contribution in [0.5, 0.6) is 0 Å². The zero-order valence-corrected chi connectivity index (χ0v) is 6.73. The average molecular weight is 158 g/mol. The highest BCUT2D eigenvalue weighted by atomic mass is 15.3. The fraction of sp³-hybridized carbons (Fsp3) is 0.111. The van der Waals surface area contributed by atoms with Crippen LogP contribution in [0.2, 0.25) is 0 Å². The van der Waals surface area contributed by atoms with Gasteiger partial charge in [-0.2, -0.15) is 5.10 Å². The summed E-state index contributed by atoms with van der Waals surface area (Å²) < 4.78 is 1.74. The van der Waals surface area contributed by atoms with E-state index in [1.165, 1.54) is 0 Å². The maximum absolute atomic E-state index is 4.22. The van der Waals surface area contributed by atoms with Gasteiger partial charge >= 0.3 is 0 Å². The van der Waals surface area contributed by atoms with E-state index in [1.807, 2.05) is 31.3 Å². The number of rotatable bonds is 1. The molecule has 0 saturated carbocycles. The van der Waals surface area contributed by atoms with Crippen LogP contribution in [-0.2, 0) is 0 Å². The Kier molecular flexibility index (Phi) is 1.63. The molecule has 2 heterocycles. The third-order valence-electron chi connectivity index (χ3n) is 1.56. The van der Waals surface area contributed by atoms with Crippen LogP contribution in [0.3, 0.4) is 0 Å². The summed E-state index contributed by atoms with van der Waals surface area (Å²) >= 11 is 0. The Balaban J connectivity index is 2.45. The maximum atomic E-state index is 4.22. The molecule has 0 saturated heterocycles. The number of aromatic nitrogens is 3. The lowest BCUT2D eigenvalue weighted by Crippen LogP contribution is -1.96. The van der Waals surface area contributed by atoms with Gasteiger partial charge in [-0.3, -0.25) is 0 Å². The molecule has 0 aliphatic rings. The normalized spacial score (nSPS) is 10.1. The third kappa shape index (κ3) is 1.21. The summed E-state index contributed by atoms with van der Waals surface area (Å²) in [6.07, 6.45) is 3.52. The topological polar surface area (TPSA) is 30.7 Å². The second kappa shape index (κ2) is 2.77. The zero-order valence-electron chi connectivity index (χ0n) is 6.73. The Morgan fingerprint density at radius 3 is 2.92 bits per heavy atom. The summed E-state index contributed by atoms with van der Waals surface area (Å²) in [5, 5.41) is 4.22. The van der Waals surface area contributed by atoms with Crippen LogP contribution in [0.15, 0.2) is 30.6 Å². The van der Waals surface area contributed by atoms with Crippen LogP contribution in [0.4, 0.5) is 0 Å². The average Bonchev–Trinajstić information content (AvgIpc) is 2.54.